The van der Waals surface area contributed by atoms with E-state index in [0.29, 0.717) is 16.9 Å². The molecule has 0 saturated heterocycles. The maximum atomic E-state index is 5.85. The highest BCUT2D eigenvalue weighted by Crippen LogP contribution is 2.18. The number of thiocarbonyl (C=S) groups is 1. The zero-order valence-corrected chi connectivity index (χ0v) is 9.76. The van der Waals surface area contributed by atoms with Gasteiger partial charge in [-0.05, 0) is 12.2 Å². The monoisotopic (exact) mass is 247 g/mol. The summed E-state index contributed by atoms with van der Waals surface area (Å²) in [6.07, 6.45) is 1.46. The maximum Gasteiger partial charge on any atom is 0.297 e. The Morgan fingerprint density at radius 3 is 2.93 bits per heavy atom. The van der Waals surface area contributed by atoms with E-state index < -0.39 is 0 Å². The van der Waals surface area contributed by atoms with E-state index >= 15 is 0 Å². The van der Waals surface area contributed by atoms with Crippen molar-refractivity contribution < 1.29 is 4.74 Å². The van der Waals surface area contributed by atoms with Crippen molar-refractivity contribution in [1.29, 1.82) is 0 Å². The van der Waals surface area contributed by atoms with E-state index in [-0.39, 0.29) is 5.11 Å². The lowest BCUT2D eigenvalue weighted by molar-refractivity contribution is 0.366. The summed E-state index contributed by atoms with van der Waals surface area (Å²) >= 11 is 10.4. The number of nitrogens with two attached hydrogens (primary N) is 1. The van der Waals surface area contributed by atoms with E-state index in [9.17, 15) is 0 Å². The van der Waals surface area contributed by atoms with Gasteiger partial charge in [0, 0.05) is 7.05 Å². The number of rotatable bonds is 3. The van der Waals surface area contributed by atoms with Gasteiger partial charge >= 0.3 is 0 Å². The van der Waals surface area contributed by atoms with Gasteiger partial charge in [0.25, 0.3) is 6.01 Å². The Bertz CT molecular complexity index is 402. The number of ether oxygens (including phenoxy) is 1. The number of hydrazone groups is 1. The minimum absolute atomic E-state index is 0.0801. The number of halogens is 1. The number of hydrogen-bond donors (Lipinski definition) is 2. The molecule has 1 aromatic rings. The highest BCUT2D eigenvalue weighted by Gasteiger charge is 2.10. The number of aromatic nitrogens is 2. The molecule has 1 heterocycles. The van der Waals surface area contributed by atoms with Gasteiger partial charge in [0.2, 0.25) is 0 Å². The third-order valence-electron chi connectivity index (χ3n) is 1.60. The normalized spacial score (nSPS) is 10.6. The zero-order chi connectivity index (χ0) is 11.4. The molecule has 0 atom stereocenters. The van der Waals surface area contributed by atoms with Crippen LogP contribution in [0, 0.1) is 0 Å². The minimum atomic E-state index is 0.0801. The molecule has 1 aromatic heterocycles. The van der Waals surface area contributed by atoms with Gasteiger partial charge in [0.15, 0.2) is 10.3 Å². The third kappa shape index (κ3) is 2.80. The van der Waals surface area contributed by atoms with E-state index in [1.165, 1.54) is 13.3 Å². The first-order chi connectivity index (χ1) is 7.06. The van der Waals surface area contributed by atoms with E-state index in [1.54, 1.807) is 11.6 Å². The first kappa shape index (κ1) is 11.7. The van der Waals surface area contributed by atoms with Gasteiger partial charge in [-0.25, -0.2) is 0 Å². The molecule has 0 aliphatic heterocycles. The molecule has 0 aliphatic rings. The average molecular weight is 248 g/mol. The summed E-state index contributed by atoms with van der Waals surface area (Å²) in [6, 6.07) is 0.400. The highest BCUT2D eigenvalue weighted by atomic mass is 35.5. The summed E-state index contributed by atoms with van der Waals surface area (Å²) in [4.78, 5) is 3.95. The molecule has 1 rings (SSSR count). The van der Waals surface area contributed by atoms with Crippen LogP contribution in [0.2, 0.25) is 5.15 Å². The minimum Gasteiger partial charge on any atom is -0.468 e. The van der Waals surface area contributed by atoms with Gasteiger partial charge < -0.3 is 10.5 Å². The van der Waals surface area contributed by atoms with Gasteiger partial charge in [0.1, 0.15) is 5.69 Å². The van der Waals surface area contributed by atoms with Crippen LogP contribution in [-0.4, -0.2) is 28.0 Å². The average Bonchev–Trinajstić information content (AvgIpc) is 2.44. The van der Waals surface area contributed by atoms with Crippen molar-refractivity contribution >= 4 is 35.1 Å². The number of hydrogen-bond acceptors (Lipinski definition) is 4. The first-order valence-electron chi connectivity index (χ1n) is 3.91. The second-order valence-corrected chi connectivity index (χ2v) is 3.37. The Kier molecular flexibility index (Phi) is 3.87. The van der Waals surface area contributed by atoms with Gasteiger partial charge in [-0.3, -0.25) is 9.99 Å². The van der Waals surface area contributed by atoms with Crippen LogP contribution in [-0.2, 0) is 7.05 Å². The van der Waals surface area contributed by atoms with Crippen LogP contribution >= 0.6 is 23.8 Å². The summed E-state index contributed by atoms with van der Waals surface area (Å²) in [6.45, 7) is 0. The van der Waals surface area contributed by atoms with Crippen molar-refractivity contribution in [3.63, 3.8) is 0 Å². The molecule has 0 amide bonds. The summed E-state index contributed by atoms with van der Waals surface area (Å²) < 4.78 is 6.61. The molecular formula is C7H10ClN5OS. The lowest BCUT2D eigenvalue weighted by atomic mass is 10.5. The van der Waals surface area contributed by atoms with Crippen LogP contribution in [0.3, 0.4) is 0 Å². The molecule has 0 bridgehead atoms. The van der Waals surface area contributed by atoms with Crippen molar-refractivity contribution in [3.8, 4) is 6.01 Å². The smallest absolute Gasteiger partial charge is 0.297 e. The van der Waals surface area contributed by atoms with Crippen LogP contribution in [0.1, 0.15) is 5.69 Å². The molecule has 0 saturated carbocycles. The van der Waals surface area contributed by atoms with Crippen molar-refractivity contribution in [2.45, 2.75) is 0 Å². The topological polar surface area (TPSA) is 77.5 Å². The van der Waals surface area contributed by atoms with Crippen LogP contribution in [0.25, 0.3) is 0 Å². The zero-order valence-electron chi connectivity index (χ0n) is 8.19. The van der Waals surface area contributed by atoms with Crippen molar-refractivity contribution in [2.75, 3.05) is 7.11 Å². The summed E-state index contributed by atoms with van der Waals surface area (Å²) in [5.41, 5.74) is 8.20. The van der Waals surface area contributed by atoms with Crippen molar-refractivity contribution in [3.05, 3.63) is 10.8 Å². The largest absolute Gasteiger partial charge is 0.468 e. The Morgan fingerprint density at radius 1 is 1.80 bits per heavy atom. The van der Waals surface area contributed by atoms with E-state index in [4.69, 9.17) is 22.1 Å². The Hall–Kier alpha value is -1.34. The number of imidazole rings is 1. The Balaban J connectivity index is 2.89. The van der Waals surface area contributed by atoms with Gasteiger partial charge in [-0.2, -0.15) is 10.1 Å². The molecule has 0 radical (unpaired) electrons. The predicted molar refractivity (Wildman–Crippen MR) is 62.3 cm³/mol. The lowest BCUT2D eigenvalue weighted by Crippen LogP contribution is -2.24. The van der Waals surface area contributed by atoms with E-state index in [1.807, 2.05) is 0 Å². The molecule has 0 spiro atoms. The molecule has 6 nitrogen and oxygen atoms in total. The quantitative estimate of drug-likeness (QED) is 0.455. The fraction of sp³-hybridized carbons (Fsp3) is 0.286. The second-order valence-electron chi connectivity index (χ2n) is 2.57. The van der Waals surface area contributed by atoms with Crippen LogP contribution < -0.4 is 15.9 Å². The van der Waals surface area contributed by atoms with Crippen LogP contribution in [0.15, 0.2) is 5.10 Å². The number of nitrogens with zero attached hydrogens (tertiary/aromatic N) is 3. The van der Waals surface area contributed by atoms with Crippen LogP contribution in [0.5, 0.6) is 6.01 Å². The van der Waals surface area contributed by atoms with Crippen molar-refractivity contribution in [1.82, 2.24) is 15.0 Å². The molecule has 3 N–H and O–H groups in total. The molecule has 0 aliphatic carbocycles. The van der Waals surface area contributed by atoms with Gasteiger partial charge in [0.05, 0.1) is 13.3 Å². The fourth-order valence-electron chi connectivity index (χ4n) is 0.937. The Morgan fingerprint density at radius 2 is 2.47 bits per heavy atom. The standard InChI is InChI=1S/C7H10ClN5OS/c1-13-4(3-10-12-6(9)15)5(8)11-7(13)14-2/h3H,1-2H3,(H3,9,12,15). The fourth-order valence-corrected chi connectivity index (χ4v) is 1.24. The maximum absolute atomic E-state index is 5.85. The van der Waals surface area contributed by atoms with Gasteiger partial charge in [-0.15, -0.1) is 0 Å². The second kappa shape index (κ2) is 4.94. The Labute approximate surface area is 97.1 Å². The van der Waals surface area contributed by atoms with Crippen LogP contribution in [0.4, 0.5) is 0 Å². The van der Waals surface area contributed by atoms with E-state index in [2.05, 4.69) is 27.7 Å². The predicted octanol–water partition coefficient (Wildman–Crippen LogP) is 0.249. The summed E-state index contributed by atoms with van der Waals surface area (Å²) in [5, 5.41) is 4.14. The van der Waals surface area contributed by atoms with Crippen molar-refractivity contribution in [2.24, 2.45) is 17.9 Å². The lowest BCUT2D eigenvalue weighted by Gasteiger charge is -1.99. The molecule has 8 heteroatoms. The molecule has 0 fully saturated rings. The molecule has 0 unspecified atom stereocenters. The first-order valence-corrected chi connectivity index (χ1v) is 4.69. The molecule has 82 valence electrons. The number of methoxy groups -OCH3 is 1. The molecule has 0 aromatic carbocycles. The van der Waals surface area contributed by atoms with Gasteiger partial charge in [-0.1, -0.05) is 11.6 Å². The SMILES string of the molecule is COc1nc(Cl)c(C=NNC(N)=S)n1C. The number of nitrogens with one attached hydrogen (secondary N) is 1. The molecular weight excluding hydrogens is 238 g/mol. The van der Waals surface area contributed by atoms with E-state index in [0.717, 1.165) is 0 Å². The molecule has 15 heavy (non-hydrogen) atoms. The third-order valence-corrected chi connectivity index (χ3v) is 1.97. The summed E-state index contributed by atoms with van der Waals surface area (Å²) in [5.74, 6) is 0. The summed E-state index contributed by atoms with van der Waals surface area (Å²) in [7, 11) is 3.26. The highest BCUT2D eigenvalue weighted by molar-refractivity contribution is 7.80.